The van der Waals surface area contributed by atoms with Gasteiger partial charge in [0, 0.05) is 12.7 Å². The van der Waals surface area contributed by atoms with Crippen molar-refractivity contribution in [1.82, 2.24) is 0 Å². The number of unbranched alkanes of at least 4 members (excludes halogenated alkanes) is 1. The highest BCUT2D eigenvalue weighted by atomic mass is 16.5. The average Bonchev–Trinajstić information content (AvgIpc) is 2.30. The SMILES string of the molecule is CCCCOC(CC)(C(=CC(=O)O)C(=O)O)C(C)(C)C. The largest absolute Gasteiger partial charge is 0.478 e. The molecule has 0 fully saturated rings. The number of aliphatic carboxylic acids is 2. The van der Waals surface area contributed by atoms with E-state index in [1.165, 1.54) is 0 Å². The molecule has 1 unspecified atom stereocenters. The summed E-state index contributed by atoms with van der Waals surface area (Å²) in [4.78, 5) is 22.4. The minimum Gasteiger partial charge on any atom is -0.478 e. The van der Waals surface area contributed by atoms with Crippen LogP contribution in [0.25, 0.3) is 0 Å². The minimum absolute atomic E-state index is 0.198. The Morgan fingerprint density at radius 3 is 2.00 bits per heavy atom. The second-order valence-electron chi connectivity index (χ2n) is 5.83. The number of ether oxygens (including phenoxy) is 1. The van der Waals surface area contributed by atoms with Gasteiger partial charge in [-0.15, -0.1) is 0 Å². The third-order valence-electron chi connectivity index (χ3n) is 3.49. The summed E-state index contributed by atoms with van der Waals surface area (Å²) >= 11 is 0. The molecule has 5 nitrogen and oxygen atoms in total. The highest BCUT2D eigenvalue weighted by Crippen LogP contribution is 2.42. The molecule has 0 aliphatic heterocycles. The molecule has 0 rings (SSSR count). The van der Waals surface area contributed by atoms with Crippen LogP contribution in [0.3, 0.4) is 0 Å². The van der Waals surface area contributed by atoms with Crippen molar-refractivity contribution in [3.05, 3.63) is 11.6 Å². The maximum atomic E-state index is 11.5. The molecule has 0 bridgehead atoms. The second kappa shape index (κ2) is 7.43. The van der Waals surface area contributed by atoms with Gasteiger partial charge in [-0.2, -0.15) is 0 Å². The van der Waals surface area contributed by atoms with E-state index in [-0.39, 0.29) is 5.57 Å². The first-order valence-electron chi connectivity index (χ1n) is 6.94. The third kappa shape index (κ3) is 4.34. The lowest BCUT2D eigenvalue weighted by atomic mass is 9.69. The zero-order valence-corrected chi connectivity index (χ0v) is 13.0. The molecule has 0 amide bonds. The summed E-state index contributed by atoms with van der Waals surface area (Å²) < 4.78 is 5.90. The molecule has 0 aromatic carbocycles. The van der Waals surface area contributed by atoms with Crippen LogP contribution in [-0.2, 0) is 14.3 Å². The standard InChI is InChI=1S/C15H26O5/c1-6-8-9-20-15(7-2,14(3,4)5)11(13(18)19)10-12(16)17/h10H,6-9H2,1-5H3,(H,16,17)(H,18,19). The van der Waals surface area contributed by atoms with Crippen molar-refractivity contribution in [3.63, 3.8) is 0 Å². The number of carboxylic acids is 2. The van der Waals surface area contributed by atoms with Crippen molar-refractivity contribution >= 4 is 11.9 Å². The molecule has 0 spiro atoms. The van der Waals surface area contributed by atoms with Gasteiger partial charge in [-0.1, -0.05) is 41.0 Å². The predicted octanol–water partition coefficient (Wildman–Crippen LogP) is 3.09. The molecule has 5 heteroatoms. The molecule has 20 heavy (non-hydrogen) atoms. The summed E-state index contributed by atoms with van der Waals surface area (Å²) in [5, 5.41) is 18.3. The highest BCUT2D eigenvalue weighted by Gasteiger charge is 2.47. The monoisotopic (exact) mass is 286 g/mol. The average molecular weight is 286 g/mol. The Kier molecular flexibility index (Phi) is 6.92. The minimum atomic E-state index is -1.27. The maximum Gasteiger partial charge on any atom is 0.334 e. The Morgan fingerprint density at radius 2 is 1.70 bits per heavy atom. The Morgan fingerprint density at radius 1 is 1.15 bits per heavy atom. The fourth-order valence-electron chi connectivity index (χ4n) is 2.39. The van der Waals surface area contributed by atoms with Crippen LogP contribution in [0.1, 0.15) is 53.9 Å². The zero-order valence-electron chi connectivity index (χ0n) is 13.0. The number of carbonyl (C=O) groups is 2. The molecule has 0 saturated carbocycles. The van der Waals surface area contributed by atoms with Gasteiger partial charge >= 0.3 is 11.9 Å². The zero-order chi connectivity index (χ0) is 16.0. The van der Waals surface area contributed by atoms with Gasteiger partial charge in [0.05, 0.1) is 5.57 Å². The maximum absolute atomic E-state index is 11.5. The van der Waals surface area contributed by atoms with E-state index in [1.54, 1.807) is 0 Å². The Bertz CT molecular complexity index is 378. The van der Waals surface area contributed by atoms with Crippen LogP contribution in [0.5, 0.6) is 0 Å². The quantitative estimate of drug-likeness (QED) is 0.529. The van der Waals surface area contributed by atoms with Crippen LogP contribution >= 0.6 is 0 Å². The summed E-state index contributed by atoms with van der Waals surface area (Å²) in [7, 11) is 0. The number of hydrogen-bond acceptors (Lipinski definition) is 3. The molecule has 0 aromatic rings. The molecule has 0 saturated heterocycles. The summed E-state index contributed by atoms with van der Waals surface area (Å²) in [5.41, 5.74) is -1.85. The topological polar surface area (TPSA) is 83.8 Å². The lowest BCUT2D eigenvalue weighted by Gasteiger charge is -2.44. The normalized spacial score (nSPS) is 15.8. The summed E-state index contributed by atoms with van der Waals surface area (Å²) in [6, 6.07) is 0. The molecule has 0 aliphatic rings. The Labute approximate surface area is 120 Å². The predicted molar refractivity (Wildman–Crippen MR) is 76.7 cm³/mol. The third-order valence-corrected chi connectivity index (χ3v) is 3.49. The highest BCUT2D eigenvalue weighted by molar-refractivity contribution is 5.96. The molecule has 2 N–H and O–H groups in total. The van der Waals surface area contributed by atoms with E-state index in [0.717, 1.165) is 18.9 Å². The molecule has 0 aromatic heterocycles. The Hall–Kier alpha value is -1.36. The summed E-state index contributed by atoms with van der Waals surface area (Å²) in [6.45, 7) is 9.82. The fourth-order valence-corrected chi connectivity index (χ4v) is 2.39. The van der Waals surface area contributed by atoms with Crippen molar-refractivity contribution < 1.29 is 24.5 Å². The van der Waals surface area contributed by atoms with E-state index < -0.39 is 23.0 Å². The number of carboxylic acid groups (broad SMARTS) is 2. The van der Waals surface area contributed by atoms with E-state index in [2.05, 4.69) is 0 Å². The molecule has 0 radical (unpaired) electrons. The molecule has 0 aliphatic carbocycles. The van der Waals surface area contributed by atoms with Gasteiger partial charge in [0.15, 0.2) is 0 Å². The van der Waals surface area contributed by atoms with Gasteiger partial charge in [0.25, 0.3) is 0 Å². The van der Waals surface area contributed by atoms with Gasteiger partial charge in [0.2, 0.25) is 0 Å². The van der Waals surface area contributed by atoms with Crippen LogP contribution < -0.4 is 0 Å². The fraction of sp³-hybridized carbons (Fsp3) is 0.733. The van der Waals surface area contributed by atoms with Gasteiger partial charge in [-0.3, -0.25) is 0 Å². The molecular weight excluding hydrogens is 260 g/mol. The first-order valence-corrected chi connectivity index (χ1v) is 6.94. The van der Waals surface area contributed by atoms with E-state index in [0.29, 0.717) is 13.0 Å². The van der Waals surface area contributed by atoms with Crippen LogP contribution in [-0.4, -0.2) is 34.4 Å². The van der Waals surface area contributed by atoms with Gasteiger partial charge < -0.3 is 14.9 Å². The van der Waals surface area contributed by atoms with Crippen LogP contribution in [0.4, 0.5) is 0 Å². The van der Waals surface area contributed by atoms with E-state index in [1.807, 2.05) is 34.6 Å². The second-order valence-corrected chi connectivity index (χ2v) is 5.83. The van der Waals surface area contributed by atoms with Gasteiger partial charge in [-0.05, 0) is 18.3 Å². The first kappa shape index (κ1) is 18.6. The van der Waals surface area contributed by atoms with Gasteiger partial charge in [0.1, 0.15) is 5.60 Å². The smallest absolute Gasteiger partial charge is 0.334 e. The summed E-state index contributed by atoms with van der Waals surface area (Å²) in [5.74, 6) is -2.52. The van der Waals surface area contributed by atoms with Crippen molar-refractivity contribution in [2.24, 2.45) is 5.41 Å². The van der Waals surface area contributed by atoms with Crippen molar-refractivity contribution in [3.8, 4) is 0 Å². The Balaban J connectivity index is 5.80. The number of rotatable bonds is 8. The van der Waals surface area contributed by atoms with Crippen LogP contribution in [0.15, 0.2) is 11.6 Å². The van der Waals surface area contributed by atoms with Crippen molar-refractivity contribution in [2.45, 2.75) is 59.5 Å². The number of hydrogen-bond donors (Lipinski definition) is 2. The molecule has 116 valence electrons. The first-order chi connectivity index (χ1) is 9.12. The van der Waals surface area contributed by atoms with Gasteiger partial charge in [-0.25, -0.2) is 9.59 Å². The van der Waals surface area contributed by atoms with E-state index >= 15 is 0 Å². The van der Waals surface area contributed by atoms with Crippen molar-refractivity contribution in [1.29, 1.82) is 0 Å². The molecule has 1 atom stereocenters. The molecular formula is C15H26O5. The lowest BCUT2D eigenvalue weighted by Crippen LogP contribution is -2.49. The van der Waals surface area contributed by atoms with Crippen LogP contribution in [0.2, 0.25) is 0 Å². The summed E-state index contributed by atoms with van der Waals surface area (Å²) in [6.07, 6.45) is 2.88. The molecule has 0 heterocycles. The lowest BCUT2D eigenvalue weighted by molar-refractivity contribution is -0.144. The van der Waals surface area contributed by atoms with Crippen LogP contribution in [0, 0.1) is 5.41 Å². The van der Waals surface area contributed by atoms with E-state index in [9.17, 15) is 14.7 Å². The van der Waals surface area contributed by atoms with E-state index in [4.69, 9.17) is 9.84 Å². The van der Waals surface area contributed by atoms with Crippen molar-refractivity contribution in [2.75, 3.05) is 6.61 Å².